The van der Waals surface area contributed by atoms with Crippen molar-refractivity contribution in [2.24, 2.45) is 5.92 Å². The van der Waals surface area contributed by atoms with Crippen LogP contribution < -0.4 is 10.0 Å². The minimum Gasteiger partial charge on any atom is -0.353 e. The van der Waals surface area contributed by atoms with Gasteiger partial charge < -0.3 is 9.88 Å². The molecule has 1 aliphatic rings. The topological polar surface area (TPSA) is 80.2 Å². The number of aromatic nitrogens is 1. The number of para-hydroxylation sites is 1. The predicted molar refractivity (Wildman–Crippen MR) is 94.1 cm³/mol. The summed E-state index contributed by atoms with van der Waals surface area (Å²) in [5.41, 5.74) is 0.988. The van der Waals surface area contributed by atoms with Gasteiger partial charge in [-0.1, -0.05) is 24.6 Å². The van der Waals surface area contributed by atoms with Crippen molar-refractivity contribution in [1.29, 1.82) is 0 Å². The van der Waals surface area contributed by atoms with Crippen LogP contribution in [0.3, 0.4) is 0 Å². The third kappa shape index (κ3) is 4.36. The van der Waals surface area contributed by atoms with Crippen molar-refractivity contribution in [3.8, 4) is 0 Å². The zero-order valence-corrected chi connectivity index (χ0v) is 14.4. The fourth-order valence-electron chi connectivity index (χ4n) is 2.83. The largest absolute Gasteiger partial charge is 0.353 e. The number of nitrogens with one attached hydrogen (secondary N) is 2. The molecule has 0 aliphatic heterocycles. The molecule has 1 aliphatic carbocycles. The number of rotatable bonds is 8. The highest BCUT2D eigenvalue weighted by Gasteiger charge is 2.20. The standard InChI is InChI=1S/C17H23N3O3S/c21-17(13-20-10-8-15-6-1-2-7-16(15)20)18-9-11-24(22,23)19-12-14-4-3-5-14/h1-2,6-8,10,14,19H,3-5,9,11-13H2,(H,18,21). The summed E-state index contributed by atoms with van der Waals surface area (Å²) in [6.45, 7) is 0.826. The maximum atomic E-state index is 12.0. The van der Waals surface area contributed by atoms with Gasteiger partial charge in [-0.15, -0.1) is 0 Å². The van der Waals surface area contributed by atoms with E-state index in [1.807, 2.05) is 41.1 Å². The molecular formula is C17H23N3O3S. The van der Waals surface area contributed by atoms with Crippen LogP contribution in [0.1, 0.15) is 19.3 Å². The molecule has 0 bridgehead atoms. The number of carbonyl (C=O) groups is 1. The molecule has 1 amide bonds. The van der Waals surface area contributed by atoms with E-state index in [2.05, 4.69) is 10.0 Å². The van der Waals surface area contributed by atoms with Gasteiger partial charge in [0.1, 0.15) is 6.54 Å². The minimum atomic E-state index is -3.32. The van der Waals surface area contributed by atoms with Gasteiger partial charge in [-0.25, -0.2) is 13.1 Å². The summed E-state index contributed by atoms with van der Waals surface area (Å²) >= 11 is 0. The fraction of sp³-hybridized carbons (Fsp3) is 0.471. The van der Waals surface area contributed by atoms with E-state index >= 15 is 0 Å². The molecule has 3 rings (SSSR count). The first-order valence-electron chi connectivity index (χ1n) is 8.31. The molecule has 1 aromatic carbocycles. The lowest BCUT2D eigenvalue weighted by atomic mass is 9.86. The van der Waals surface area contributed by atoms with Gasteiger partial charge in [0.05, 0.1) is 5.75 Å². The first-order chi connectivity index (χ1) is 11.5. The van der Waals surface area contributed by atoms with Crippen LogP contribution in [-0.4, -0.2) is 37.7 Å². The van der Waals surface area contributed by atoms with Crippen molar-refractivity contribution in [3.63, 3.8) is 0 Å². The summed E-state index contributed by atoms with van der Waals surface area (Å²) < 4.78 is 28.2. The molecule has 24 heavy (non-hydrogen) atoms. The lowest BCUT2D eigenvalue weighted by Crippen LogP contribution is -2.38. The molecule has 0 radical (unpaired) electrons. The third-order valence-corrected chi connectivity index (χ3v) is 5.85. The average molecular weight is 349 g/mol. The van der Waals surface area contributed by atoms with Gasteiger partial charge in [0, 0.05) is 24.8 Å². The number of carbonyl (C=O) groups excluding carboxylic acids is 1. The fourth-order valence-corrected chi connectivity index (χ4v) is 3.83. The predicted octanol–water partition coefficient (Wildman–Crippen LogP) is 1.48. The van der Waals surface area contributed by atoms with E-state index in [1.54, 1.807) is 0 Å². The van der Waals surface area contributed by atoms with Crippen LogP contribution in [-0.2, 0) is 21.4 Å². The van der Waals surface area contributed by atoms with Crippen LogP contribution in [0.4, 0.5) is 0 Å². The Bertz CT molecular complexity index is 809. The van der Waals surface area contributed by atoms with E-state index in [0.29, 0.717) is 12.5 Å². The van der Waals surface area contributed by atoms with Gasteiger partial charge in [0.2, 0.25) is 15.9 Å². The number of hydrogen-bond acceptors (Lipinski definition) is 3. The van der Waals surface area contributed by atoms with Crippen LogP contribution in [0, 0.1) is 5.92 Å². The Morgan fingerprint density at radius 1 is 1.21 bits per heavy atom. The van der Waals surface area contributed by atoms with Gasteiger partial charge in [-0.2, -0.15) is 0 Å². The maximum Gasteiger partial charge on any atom is 0.239 e. The Labute approximate surface area is 142 Å². The van der Waals surface area contributed by atoms with Crippen LogP contribution in [0.5, 0.6) is 0 Å². The van der Waals surface area contributed by atoms with Crippen molar-refractivity contribution in [1.82, 2.24) is 14.6 Å². The second kappa shape index (κ2) is 7.36. The number of benzene rings is 1. The van der Waals surface area contributed by atoms with Crippen LogP contribution in [0.15, 0.2) is 36.5 Å². The summed E-state index contributed by atoms with van der Waals surface area (Å²) in [6, 6.07) is 9.78. The van der Waals surface area contributed by atoms with E-state index in [9.17, 15) is 13.2 Å². The molecule has 2 aromatic rings. The smallest absolute Gasteiger partial charge is 0.239 e. The first kappa shape index (κ1) is 17.0. The second-order valence-corrected chi connectivity index (χ2v) is 8.24. The molecule has 2 N–H and O–H groups in total. The molecule has 1 aromatic heterocycles. The number of fused-ring (bicyclic) bond motifs is 1. The van der Waals surface area contributed by atoms with Crippen LogP contribution >= 0.6 is 0 Å². The minimum absolute atomic E-state index is 0.0854. The zero-order valence-electron chi connectivity index (χ0n) is 13.6. The zero-order chi connectivity index (χ0) is 17.0. The van der Waals surface area contributed by atoms with Crippen molar-refractivity contribution < 1.29 is 13.2 Å². The van der Waals surface area contributed by atoms with Crippen molar-refractivity contribution >= 4 is 26.8 Å². The van der Waals surface area contributed by atoms with Gasteiger partial charge in [-0.05, 0) is 36.3 Å². The molecule has 0 spiro atoms. The molecular weight excluding hydrogens is 326 g/mol. The van der Waals surface area contributed by atoms with E-state index in [0.717, 1.165) is 23.7 Å². The summed E-state index contributed by atoms with van der Waals surface area (Å²) in [5.74, 6) is 0.208. The van der Waals surface area contributed by atoms with Crippen LogP contribution in [0.25, 0.3) is 10.9 Å². The molecule has 1 heterocycles. The Hall–Kier alpha value is -1.86. The molecule has 7 heteroatoms. The monoisotopic (exact) mass is 349 g/mol. The molecule has 1 saturated carbocycles. The summed E-state index contributed by atoms with van der Waals surface area (Å²) in [7, 11) is -3.32. The van der Waals surface area contributed by atoms with Gasteiger partial charge in [0.15, 0.2) is 0 Å². The lowest BCUT2D eigenvalue weighted by molar-refractivity contribution is -0.121. The summed E-state index contributed by atoms with van der Waals surface area (Å²) in [5, 5.41) is 3.76. The molecule has 130 valence electrons. The summed E-state index contributed by atoms with van der Waals surface area (Å²) in [4.78, 5) is 12.0. The average Bonchev–Trinajstić information content (AvgIpc) is 2.88. The highest BCUT2D eigenvalue weighted by molar-refractivity contribution is 7.89. The number of hydrogen-bond donors (Lipinski definition) is 2. The van der Waals surface area contributed by atoms with Gasteiger partial charge in [-0.3, -0.25) is 4.79 Å². The Balaban J connectivity index is 1.43. The Morgan fingerprint density at radius 2 is 2.00 bits per heavy atom. The van der Waals surface area contributed by atoms with Crippen molar-refractivity contribution in [2.45, 2.75) is 25.8 Å². The highest BCUT2D eigenvalue weighted by atomic mass is 32.2. The van der Waals surface area contributed by atoms with E-state index in [-0.39, 0.29) is 24.7 Å². The first-order valence-corrected chi connectivity index (χ1v) is 9.97. The maximum absolute atomic E-state index is 12.0. The summed E-state index contributed by atoms with van der Waals surface area (Å²) in [6.07, 6.45) is 5.26. The van der Waals surface area contributed by atoms with E-state index in [4.69, 9.17) is 0 Å². The normalized spacial score (nSPS) is 15.3. The van der Waals surface area contributed by atoms with Gasteiger partial charge >= 0.3 is 0 Å². The SMILES string of the molecule is O=C(Cn1ccc2ccccc21)NCCS(=O)(=O)NCC1CCC1. The number of sulfonamides is 1. The number of nitrogens with zero attached hydrogens (tertiary/aromatic N) is 1. The van der Waals surface area contributed by atoms with Gasteiger partial charge in [0.25, 0.3) is 0 Å². The Kier molecular flexibility index (Phi) is 5.20. The Morgan fingerprint density at radius 3 is 2.75 bits per heavy atom. The lowest BCUT2D eigenvalue weighted by Gasteiger charge is -2.25. The quantitative estimate of drug-likeness (QED) is 0.757. The molecule has 0 unspecified atom stereocenters. The van der Waals surface area contributed by atoms with E-state index < -0.39 is 10.0 Å². The highest BCUT2D eigenvalue weighted by Crippen LogP contribution is 2.25. The molecule has 1 fully saturated rings. The van der Waals surface area contributed by atoms with Crippen molar-refractivity contribution in [2.75, 3.05) is 18.8 Å². The third-order valence-electron chi connectivity index (χ3n) is 4.50. The van der Waals surface area contributed by atoms with E-state index in [1.165, 1.54) is 6.42 Å². The van der Waals surface area contributed by atoms with Crippen LogP contribution in [0.2, 0.25) is 0 Å². The van der Waals surface area contributed by atoms with Crippen molar-refractivity contribution in [3.05, 3.63) is 36.5 Å². The molecule has 0 atom stereocenters. The number of amides is 1. The molecule has 6 nitrogen and oxygen atoms in total. The second-order valence-electron chi connectivity index (χ2n) is 6.32. The molecule has 0 saturated heterocycles.